The maximum absolute atomic E-state index is 15.8. The molecule has 21 N–H and O–H groups in total. The van der Waals surface area contributed by atoms with Gasteiger partial charge in [-0.2, -0.15) is 0 Å². The maximum Gasteiger partial charge on any atom is 0.246 e. The highest BCUT2D eigenvalue weighted by Gasteiger charge is 2.47. The summed E-state index contributed by atoms with van der Waals surface area (Å²) in [5, 5.41) is 55.4. The van der Waals surface area contributed by atoms with Crippen molar-refractivity contribution < 1.29 is 101 Å². The van der Waals surface area contributed by atoms with E-state index in [9.17, 15) is 62.1 Å². The lowest BCUT2D eigenvalue weighted by Crippen LogP contribution is -2.60. The van der Waals surface area contributed by atoms with Gasteiger partial charge in [0.2, 0.25) is 88.6 Å². The Bertz CT molecular complexity index is 5330. The summed E-state index contributed by atoms with van der Waals surface area (Å²) in [5.74, 6) is -23.1. The van der Waals surface area contributed by atoms with Crippen molar-refractivity contribution in [2.75, 3.05) is 65.4 Å². The Hall–Kier alpha value is -13.3. The van der Waals surface area contributed by atoms with Gasteiger partial charge in [0.05, 0.1) is 43.8 Å². The van der Waals surface area contributed by atoms with Crippen LogP contribution in [0.1, 0.15) is 153 Å². The minimum absolute atomic E-state index is 0.00512. The number of aromatic nitrogens is 4. The van der Waals surface area contributed by atoms with E-state index in [0.29, 0.717) is 76.1 Å². The predicted octanol–water partition coefficient (Wildman–Crippen LogP) is -0.175. The largest absolute Gasteiger partial charge is 0.394 e. The number of carbonyl (C=O) groups is 17. The van der Waals surface area contributed by atoms with Crippen LogP contribution in [0.2, 0.25) is 0 Å². The van der Waals surface area contributed by atoms with E-state index in [-0.39, 0.29) is 95.2 Å². The molecule has 0 bridgehead atoms. The fourth-order valence-electron chi connectivity index (χ4n) is 17.4. The topological polar surface area (TPSA) is 617 Å². The van der Waals surface area contributed by atoms with Gasteiger partial charge in [0.1, 0.15) is 66.5 Å². The molecule has 3 saturated heterocycles. The number of likely N-dealkylation sites (N-methyl/N-ethyl adjacent to an activating group) is 3. The molecule has 9 rings (SSSR count). The standard InChI is InChI=1S/C93H128F2N22O19S/c1-9-11-24-72-86(130)107-65(23-17-29-101-93(98)99)84(128)112-71(83(127)104-44-79(97)123)47-137-48-80(124)106-68(33-52-27-28-61(94)62(95)32-52)89(133)113(6)51(5)81(125)109-69(40-78(96)122)90(134)116-30-18-26-73(116)87(131)108-66(38-57-43-100-49-105-57)85(129)110-67(31-50(3)4)91(135)117-45-58(119)39-75(117)77(121)36-53(34-55-41-102-63-21-15-13-19-59(55)63)82(126)111-70(46-118)76(120)37-54(35-56-42-103-64-22-16-14-20-60(56)64)88(132)115(8)74(25-12-10-2)92(136)114(72)7/h13-16,19-22,27-28,32,41-43,49-51,53-54,58,65-75,102-103,118-119H,9-12,17-18,23-26,29-31,33-40,44-48H2,1-8H3,(H2,96,122)(H2,97,123)(H,100,105)(H,104,127)(H,106,124)(H,107,130)(H,108,131)(H,109,125)(H,110,129)(H,111,126)(H,112,128)(H4,98,99,101)/t51-,53+,54+,58+,65-,66-,67-,68-,69-,70-,71-,72-,73-,74-,75-/m0/s1. The van der Waals surface area contributed by atoms with Crippen molar-refractivity contribution in [2.45, 2.75) is 235 Å². The number of nitrogens with two attached hydrogens (primary N) is 3. The summed E-state index contributed by atoms with van der Waals surface area (Å²) in [7, 11) is 3.85. The number of benzene rings is 3. The molecular formula is C93H128F2N22O19S. The Morgan fingerprint density at radius 2 is 1.18 bits per heavy atom. The number of ketones is 2. The van der Waals surface area contributed by atoms with Crippen LogP contribution in [0.15, 0.2) is 91.6 Å². The van der Waals surface area contributed by atoms with Gasteiger partial charge in [-0.25, -0.2) is 13.8 Å². The molecule has 44 heteroatoms. The van der Waals surface area contributed by atoms with Crippen LogP contribution in [0, 0.1) is 34.8 Å². The molecule has 137 heavy (non-hydrogen) atoms. The number of fused-ring (bicyclic) bond motifs is 4. The van der Waals surface area contributed by atoms with Crippen LogP contribution in [0.4, 0.5) is 8.78 Å². The van der Waals surface area contributed by atoms with E-state index in [1.807, 2.05) is 13.8 Å². The quantitative estimate of drug-likeness (QED) is 0.0190. The lowest BCUT2D eigenvalue weighted by molar-refractivity contribution is -0.150. The number of imidazole rings is 1. The SMILES string of the molecule is CCCC[C@H]1C(=O)N(C)[C@@H](CCCC)C(=O)N[C@@H](CCCNC(=N)N)C(=O)N[C@H](C(=O)NCC(N)=O)CSCC(=O)N[C@@H](Cc2ccc(F)c(F)c2)C(=O)N(C)[C@@H](C)C(=O)N[C@@H](CC(N)=O)C(=O)N2CCC[C@H]2C(=O)N[C@@H](Cc2cnc[nH]2)C(=O)N[C@@H](CC(C)C)C(=O)N2C[C@H](O)C[C@H]2C(=O)C[C@@H](Cc2c[nH]c3ccccc23)C(=O)N[C@@H](CO)C(=O)C[C@@H](Cc2c[nH]c3ccccc23)C(=O)N1C. The zero-order valence-corrected chi connectivity index (χ0v) is 79.0. The summed E-state index contributed by atoms with van der Waals surface area (Å²) in [6, 6.07) is -1.95. The number of hydrogen-bond donors (Lipinski definition) is 18. The molecule has 6 heterocycles. The van der Waals surface area contributed by atoms with Crippen molar-refractivity contribution in [1.82, 2.24) is 92.3 Å². The van der Waals surface area contributed by atoms with Gasteiger partial charge in [0.15, 0.2) is 29.2 Å². The number of aliphatic hydroxyl groups is 2. The summed E-state index contributed by atoms with van der Waals surface area (Å²) in [5.41, 5.74) is 19.5. The second kappa shape index (κ2) is 51.1. The van der Waals surface area contributed by atoms with Crippen molar-refractivity contribution in [3.05, 3.63) is 126 Å². The average Bonchev–Trinajstić information content (AvgIpc) is 1.76. The van der Waals surface area contributed by atoms with Crippen molar-refractivity contribution in [3.8, 4) is 0 Å². The lowest BCUT2D eigenvalue weighted by Gasteiger charge is -2.36. The summed E-state index contributed by atoms with van der Waals surface area (Å²) in [6.07, 6.45) is 2.31. The first-order valence-corrected chi connectivity index (χ1v) is 47.2. The molecule has 15 atom stereocenters. The second-order valence-electron chi connectivity index (χ2n) is 35.7. The van der Waals surface area contributed by atoms with Crippen molar-refractivity contribution in [2.24, 2.45) is 35.0 Å². The molecule has 0 spiro atoms. The van der Waals surface area contributed by atoms with Gasteiger partial charge < -0.3 is 115 Å². The van der Waals surface area contributed by atoms with Crippen molar-refractivity contribution in [3.63, 3.8) is 0 Å². The van der Waals surface area contributed by atoms with Crippen LogP contribution in [-0.2, 0) is 107 Å². The molecule has 0 saturated carbocycles. The first-order valence-electron chi connectivity index (χ1n) is 46.1. The highest BCUT2D eigenvalue weighted by atomic mass is 32.2. The Morgan fingerprint density at radius 1 is 0.584 bits per heavy atom. The summed E-state index contributed by atoms with van der Waals surface area (Å²) < 4.78 is 29.4. The first kappa shape index (κ1) is 107. The Balaban J connectivity index is 1.11. The minimum atomic E-state index is -1.83. The van der Waals surface area contributed by atoms with Crippen LogP contribution in [0.25, 0.3) is 21.8 Å². The summed E-state index contributed by atoms with van der Waals surface area (Å²) >= 11 is 0.692. The molecule has 15 amide bonds. The highest BCUT2D eigenvalue weighted by Crippen LogP contribution is 2.31. The molecule has 0 aliphatic carbocycles. The van der Waals surface area contributed by atoms with Gasteiger partial charge in [-0.05, 0) is 112 Å². The van der Waals surface area contributed by atoms with Gasteiger partial charge in [-0.3, -0.25) is 86.9 Å². The number of hydrogen-bond acceptors (Lipinski definition) is 22. The number of nitrogens with one attached hydrogen (secondary N) is 13. The zero-order valence-electron chi connectivity index (χ0n) is 78.2. The first-order chi connectivity index (χ1) is 65.2. The second-order valence-corrected chi connectivity index (χ2v) is 36.7. The van der Waals surface area contributed by atoms with E-state index in [0.717, 1.165) is 44.8 Å². The number of guanidine groups is 1. The molecule has 41 nitrogen and oxygen atoms in total. The van der Waals surface area contributed by atoms with Gasteiger partial charge >= 0.3 is 0 Å². The molecule has 3 aliphatic heterocycles. The number of carbonyl (C=O) groups excluding carboxylic acids is 17. The third kappa shape index (κ3) is 29.9. The lowest BCUT2D eigenvalue weighted by atomic mass is 9.88. The van der Waals surface area contributed by atoms with Crippen molar-refractivity contribution >= 4 is 140 Å². The number of nitrogens with zero attached hydrogens (tertiary/aromatic N) is 6. The number of aliphatic hydroxyl groups excluding tert-OH is 2. The van der Waals surface area contributed by atoms with Crippen LogP contribution in [0.3, 0.4) is 0 Å². The third-order valence-electron chi connectivity index (χ3n) is 25.0. The average molecular weight is 1930 g/mol. The fourth-order valence-corrected chi connectivity index (χ4v) is 18.2. The van der Waals surface area contributed by atoms with Crippen molar-refractivity contribution in [1.29, 1.82) is 5.41 Å². The number of unbranched alkanes of at least 4 members (excludes halogenated alkanes) is 2. The molecule has 744 valence electrons. The Morgan fingerprint density at radius 3 is 1.80 bits per heavy atom. The molecule has 3 aromatic carbocycles. The molecule has 3 aromatic heterocycles. The van der Waals surface area contributed by atoms with Gasteiger partial charge in [-0.1, -0.05) is 95.8 Å². The van der Waals surface area contributed by atoms with Gasteiger partial charge in [-0.15, -0.1) is 11.8 Å². The van der Waals surface area contributed by atoms with Crippen LogP contribution >= 0.6 is 11.8 Å². The Kier molecular flexibility index (Phi) is 40.0. The van der Waals surface area contributed by atoms with Crippen LogP contribution in [-0.4, -0.2) is 305 Å². The predicted molar refractivity (Wildman–Crippen MR) is 500 cm³/mol. The van der Waals surface area contributed by atoms with E-state index in [2.05, 4.69) is 67.8 Å². The van der Waals surface area contributed by atoms with E-state index < -0.39 is 265 Å². The maximum atomic E-state index is 15.8. The van der Waals surface area contributed by atoms with E-state index >= 15 is 38.4 Å². The highest BCUT2D eigenvalue weighted by molar-refractivity contribution is 8.00. The zero-order chi connectivity index (χ0) is 100. The van der Waals surface area contributed by atoms with Crippen LogP contribution in [0.5, 0.6) is 0 Å². The fraction of sp³-hybridized carbons (Fsp3) is 0.538. The monoisotopic (exact) mass is 1930 g/mol. The smallest absolute Gasteiger partial charge is 0.246 e. The number of rotatable bonds is 26. The third-order valence-corrected chi connectivity index (χ3v) is 26.0. The number of Topliss-reactive ketones (excluding diaryl/α,β-unsaturated/α-hetero) is 2. The number of para-hydroxylation sites is 2. The molecule has 3 aliphatic rings. The molecular weight excluding hydrogens is 1800 g/mol. The number of amides is 15. The van der Waals surface area contributed by atoms with Crippen LogP contribution < -0.4 is 65.1 Å². The van der Waals surface area contributed by atoms with Gasteiger partial charge in [0.25, 0.3) is 0 Å². The molecule has 0 unspecified atom stereocenters. The number of halogens is 2. The minimum Gasteiger partial charge on any atom is -0.394 e. The number of aromatic amines is 3. The molecule has 0 radical (unpaired) electrons. The normalized spacial score (nSPS) is 24.7. The van der Waals surface area contributed by atoms with E-state index in [1.54, 1.807) is 74.8 Å². The summed E-state index contributed by atoms with van der Waals surface area (Å²) in [4.78, 5) is 270. The number of H-pyrrole nitrogens is 3. The number of thioether (sulfide) groups is 1. The van der Waals surface area contributed by atoms with E-state index in [1.165, 1.54) is 38.4 Å². The molecule has 6 aromatic rings. The van der Waals surface area contributed by atoms with Gasteiger partial charge in [0, 0.05) is 137 Å². The Labute approximate surface area is 795 Å². The summed E-state index contributed by atoms with van der Waals surface area (Å²) in [6.45, 7) is 5.98. The van der Waals surface area contributed by atoms with E-state index in [4.69, 9.17) is 22.6 Å². The molecule has 3 fully saturated rings. The number of primary amides is 2.